The summed E-state index contributed by atoms with van der Waals surface area (Å²) in [6.07, 6.45) is 6.12. The second-order valence-electron chi connectivity index (χ2n) is 7.40. The highest BCUT2D eigenvalue weighted by Gasteiger charge is 2.26. The Kier molecular flexibility index (Phi) is 4.43. The van der Waals surface area contributed by atoms with E-state index in [1.807, 2.05) is 6.07 Å². The number of piperidine rings is 1. The standard InChI is InChI=1S/C21H22FN5O/c22-16-6-4-5-15(11-16)21-17-13-27(10-7-18(17)28-25-21)20-12-19(23-14-24-20)26-8-2-1-3-9-26/h4-6,11-12,14H,1-3,7-10,13H2. The number of nitrogens with zero attached hydrogens (tertiary/aromatic N) is 5. The summed E-state index contributed by atoms with van der Waals surface area (Å²) in [5.74, 6) is 2.50. The fourth-order valence-electron chi connectivity index (χ4n) is 4.07. The van der Waals surface area contributed by atoms with Crippen LogP contribution in [0.3, 0.4) is 0 Å². The largest absolute Gasteiger partial charge is 0.360 e. The van der Waals surface area contributed by atoms with E-state index in [-0.39, 0.29) is 5.82 Å². The van der Waals surface area contributed by atoms with Gasteiger partial charge < -0.3 is 14.3 Å². The third-order valence-electron chi connectivity index (χ3n) is 5.57. The van der Waals surface area contributed by atoms with Gasteiger partial charge in [0.05, 0.1) is 6.54 Å². The first-order chi connectivity index (χ1) is 13.8. The molecule has 2 aliphatic rings. The minimum atomic E-state index is -0.274. The molecule has 1 saturated heterocycles. The molecule has 0 bridgehead atoms. The van der Waals surface area contributed by atoms with Crippen LogP contribution in [0.1, 0.15) is 30.6 Å². The maximum atomic E-state index is 13.7. The molecule has 2 aliphatic heterocycles. The van der Waals surface area contributed by atoms with Crippen LogP contribution in [0.5, 0.6) is 0 Å². The Hall–Kier alpha value is -2.96. The summed E-state index contributed by atoms with van der Waals surface area (Å²) in [6.45, 7) is 3.55. The monoisotopic (exact) mass is 379 g/mol. The lowest BCUT2D eigenvalue weighted by Crippen LogP contribution is -2.32. The summed E-state index contributed by atoms with van der Waals surface area (Å²) in [7, 11) is 0. The van der Waals surface area contributed by atoms with Gasteiger partial charge in [-0.15, -0.1) is 0 Å². The summed E-state index contributed by atoms with van der Waals surface area (Å²) in [5.41, 5.74) is 2.46. The van der Waals surface area contributed by atoms with Gasteiger partial charge in [-0.3, -0.25) is 0 Å². The first-order valence-electron chi connectivity index (χ1n) is 9.83. The molecular weight excluding hydrogens is 357 g/mol. The van der Waals surface area contributed by atoms with Crippen molar-refractivity contribution in [3.05, 3.63) is 53.8 Å². The van der Waals surface area contributed by atoms with Gasteiger partial charge in [0.25, 0.3) is 0 Å². The van der Waals surface area contributed by atoms with Crippen LogP contribution in [0.15, 0.2) is 41.2 Å². The van der Waals surface area contributed by atoms with Crippen molar-refractivity contribution in [2.45, 2.75) is 32.2 Å². The quantitative estimate of drug-likeness (QED) is 0.689. The summed E-state index contributed by atoms with van der Waals surface area (Å²) >= 11 is 0. The van der Waals surface area contributed by atoms with Gasteiger partial charge in [0.1, 0.15) is 35.2 Å². The third-order valence-corrected chi connectivity index (χ3v) is 5.57. The van der Waals surface area contributed by atoms with Crippen molar-refractivity contribution in [3.63, 3.8) is 0 Å². The Balaban J connectivity index is 1.42. The van der Waals surface area contributed by atoms with E-state index in [0.29, 0.717) is 12.2 Å². The number of benzene rings is 1. The zero-order valence-electron chi connectivity index (χ0n) is 15.6. The Morgan fingerprint density at radius 3 is 2.57 bits per heavy atom. The van der Waals surface area contributed by atoms with Crippen molar-refractivity contribution < 1.29 is 8.91 Å². The highest BCUT2D eigenvalue weighted by atomic mass is 19.1. The molecule has 28 heavy (non-hydrogen) atoms. The van der Waals surface area contributed by atoms with E-state index >= 15 is 0 Å². The van der Waals surface area contributed by atoms with E-state index in [9.17, 15) is 4.39 Å². The molecule has 1 aromatic carbocycles. The molecule has 6 nitrogen and oxygen atoms in total. The van der Waals surface area contributed by atoms with Crippen molar-refractivity contribution in [2.24, 2.45) is 0 Å². The predicted molar refractivity (Wildman–Crippen MR) is 105 cm³/mol. The minimum Gasteiger partial charge on any atom is -0.360 e. The molecule has 0 amide bonds. The Bertz CT molecular complexity index is 982. The number of fused-ring (bicyclic) bond motifs is 1. The van der Waals surface area contributed by atoms with Gasteiger partial charge >= 0.3 is 0 Å². The van der Waals surface area contributed by atoms with E-state index in [2.05, 4.69) is 31.0 Å². The minimum absolute atomic E-state index is 0.274. The van der Waals surface area contributed by atoms with Gasteiger partial charge in [0.15, 0.2) is 0 Å². The van der Waals surface area contributed by atoms with Crippen LogP contribution in [0.4, 0.5) is 16.0 Å². The van der Waals surface area contributed by atoms with Crippen molar-refractivity contribution in [3.8, 4) is 11.3 Å². The number of rotatable bonds is 3. The third kappa shape index (κ3) is 3.21. The normalized spacial score (nSPS) is 16.9. The molecule has 0 saturated carbocycles. The summed E-state index contributed by atoms with van der Waals surface area (Å²) in [6, 6.07) is 8.56. The number of anilines is 2. The first-order valence-corrected chi connectivity index (χ1v) is 9.83. The molecule has 0 N–H and O–H groups in total. The van der Waals surface area contributed by atoms with Gasteiger partial charge in [-0.1, -0.05) is 17.3 Å². The lowest BCUT2D eigenvalue weighted by molar-refractivity contribution is 0.378. The smallest absolute Gasteiger partial charge is 0.144 e. The predicted octanol–water partition coefficient (Wildman–Crippen LogP) is 3.82. The van der Waals surface area contributed by atoms with Crippen LogP contribution in [0.2, 0.25) is 0 Å². The van der Waals surface area contributed by atoms with Crippen molar-refractivity contribution in [1.29, 1.82) is 0 Å². The summed E-state index contributed by atoms with van der Waals surface area (Å²) in [5, 5.41) is 4.22. The van der Waals surface area contributed by atoms with Gasteiger partial charge in [-0.05, 0) is 31.4 Å². The molecule has 0 spiro atoms. The highest BCUT2D eigenvalue weighted by molar-refractivity contribution is 5.65. The Morgan fingerprint density at radius 2 is 1.75 bits per heavy atom. The fraction of sp³-hybridized carbons (Fsp3) is 0.381. The van der Waals surface area contributed by atoms with Gasteiger partial charge in [-0.25, -0.2) is 14.4 Å². The highest BCUT2D eigenvalue weighted by Crippen LogP contribution is 2.32. The average Bonchev–Trinajstić information content (AvgIpc) is 3.18. The summed E-state index contributed by atoms with van der Waals surface area (Å²) in [4.78, 5) is 13.5. The second-order valence-corrected chi connectivity index (χ2v) is 7.40. The Morgan fingerprint density at radius 1 is 0.929 bits per heavy atom. The lowest BCUT2D eigenvalue weighted by Gasteiger charge is -2.30. The van der Waals surface area contributed by atoms with Crippen LogP contribution in [-0.4, -0.2) is 34.8 Å². The fourth-order valence-corrected chi connectivity index (χ4v) is 4.07. The molecule has 4 heterocycles. The van der Waals surface area contributed by atoms with Gasteiger partial charge in [-0.2, -0.15) is 0 Å². The van der Waals surface area contributed by atoms with E-state index in [0.717, 1.165) is 54.6 Å². The van der Waals surface area contributed by atoms with Crippen molar-refractivity contribution in [2.75, 3.05) is 29.4 Å². The molecule has 5 rings (SSSR count). The molecule has 0 radical (unpaired) electrons. The maximum absolute atomic E-state index is 13.7. The molecule has 3 aromatic rings. The van der Waals surface area contributed by atoms with E-state index in [1.54, 1.807) is 12.4 Å². The molecule has 0 aliphatic carbocycles. The van der Waals surface area contributed by atoms with Gasteiger partial charge in [0.2, 0.25) is 0 Å². The maximum Gasteiger partial charge on any atom is 0.144 e. The zero-order chi connectivity index (χ0) is 18.9. The number of hydrogen-bond donors (Lipinski definition) is 0. The molecule has 1 fully saturated rings. The van der Waals surface area contributed by atoms with Gasteiger partial charge in [0, 0.05) is 43.2 Å². The average molecular weight is 379 g/mol. The summed E-state index contributed by atoms with van der Waals surface area (Å²) < 4.78 is 19.2. The van der Waals surface area contributed by atoms with E-state index in [4.69, 9.17) is 4.52 Å². The molecule has 7 heteroatoms. The number of halogens is 1. The lowest BCUT2D eigenvalue weighted by atomic mass is 10.0. The van der Waals surface area contributed by atoms with Crippen LogP contribution >= 0.6 is 0 Å². The van der Waals surface area contributed by atoms with E-state index < -0.39 is 0 Å². The van der Waals surface area contributed by atoms with Crippen LogP contribution < -0.4 is 9.80 Å². The molecule has 0 atom stereocenters. The topological polar surface area (TPSA) is 58.3 Å². The molecule has 2 aromatic heterocycles. The van der Waals surface area contributed by atoms with Crippen molar-refractivity contribution >= 4 is 11.6 Å². The zero-order valence-corrected chi connectivity index (χ0v) is 15.6. The number of hydrogen-bond acceptors (Lipinski definition) is 6. The number of aromatic nitrogens is 3. The molecular formula is C21H22FN5O. The SMILES string of the molecule is Fc1cccc(-c2noc3c2CN(c2cc(N4CCCCC4)ncn2)CC3)c1. The van der Waals surface area contributed by atoms with Crippen LogP contribution in [-0.2, 0) is 13.0 Å². The van der Waals surface area contributed by atoms with Crippen LogP contribution in [0, 0.1) is 5.82 Å². The van der Waals surface area contributed by atoms with E-state index in [1.165, 1.54) is 31.4 Å². The van der Waals surface area contributed by atoms with Crippen LogP contribution in [0.25, 0.3) is 11.3 Å². The first kappa shape index (κ1) is 17.2. The molecule has 144 valence electrons. The Labute approximate surface area is 163 Å². The van der Waals surface area contributed by atoms with Crippen molar-refractivity contribution in [1.82, 2.24) is 15.1 Å². The second kappa shape index (κ2) is 7.22. The molecule has 0 unspecified atom stereocenters.